The lowest BCUT2D eigenvalue weighted by Gasteiger charge is -2.31. The Morgan fingerprint density at radius 1 is 1.07 bits per heavy atom. The van der Waals surface area contributed by atoms with Gasteiger partial charge >= 0.3 is 6.01 Å². The van der Waals surface area contributed by atoms with Gasteiger partial charge in [-0.1, -0.05) is 12.0 Å². The first-order chi connectivity index (χ1) is 22.3. The summed E-state index contributed by atoms with van der Waals surface area (Å²) in [7, 11) is 0. The molecule has 0 amide bonds. The zero-order chi connectivity index (χ0) is 31.6. The van der Waals surface area contributed by atoms with E-state index in [1.807, 2.05) is 0 Å². The molecule has 4 aliphatic rings. The first-order valence-electron chi connectivity index (χ1n) is 16.0. The summed E-state index contributed by atoms with van der Waals surface area (Å²) in [6, 6.07) is 5.56. The number of halogens is 3. The average Bonchev–Trinajstić information content (AvgIpc) is 3.80. The molecule has 4 aromatic rings. The van der Waals surface area contributed by atoms with Crippen molar-refractivity contribution in [1.29, 1.82) is 0 Å². The number of alkyl halides is 1. The maximum atomic E-state index is 17.1. The maximum absolute atomic E-state index is 17.1. The summed E-state index contributed by atoms with van der Waals surface area (Å²) in [4.78, 5) is 18.7. The van der Waals surface area contributed by atoms with E-state index >= 15 is 4.39 Å². The van der Waals surface area contributed by atoms with Gasteiger partial charge in [-0.2, -0.15) is 9.97 Å². The van der Waals surface area contributed by atoms with Crippen LogP contribution in [-0.2, 0) is 4.74 Å². The molecule has 0 unspecified atom stereocenters. The number of aromatic hydroxyl groups is 1. The molecule has 11 heteroatoms. The summed E-state index contributed by atoms with van der Waals surface area (Å²) in [6.07, 6.45) is 9.45. The molecule has 3 aliphatic heterocycles. The van der Waals surface area contributed by atoms with Crippen molar-refractivity contribution >= 4 is 27.5 Å². The van der Waals surface area contributed by atoms with E-state index < -0.39 is 23.3 Å². The van der Waals surface area contributed by atoms with Gasteiger partial charge in [0, 0.05) is 49.5 Å². The van der Waals surface area contributed by atoms with Crippen LogP contribution < -0.4 is 9.64 Å². The highest BCUT2D eigenvalue weighted by atomic mass is 19.1. The van der Waals surface area contributed by atoms with Gasteiger partial charge in [0.15, 0.2) is 5.82 Å². The zero-order valence-corrected chi connectivity index (χ0v) is 25.4. The standard InChI is InChI=1S/C35H34F3N5O3/c1-2-24-26(37)8-7-21-15-23(44)16-25(27(21)24)31-29(38)32-28(30(39-31)20-5-6-20)33(42-10-4-13-45-14-12-42)41-34(40-32)46-19-35-9-3-11-43(35)18-22(36)17-35/h1,7-8,15-16,20,22,44H,3-6,9-14,17-19H2/t22-,35+/m1/s1. The molecule has 3 saturated heterocycles. The molecule has 2 aromatic heterocycles. The number of pyridine rings is 1. The van der Waals surface area contributed by atoms with E-state index in [1.165, 1.54) is 24.3 Å². The molecule has 2 aromatic carbocycles. The van der Waals surface area contributed by atoms with Gasteiger partial charge in [-0.05, 0) is 62.2 Å². The van der Waals surface area contributed by atoms with Crippen LogP contribution in [0.2, 0.25) is 0 Å². The van der Waals surface area contributed by atoms with Crippen molar-refractivity contribution in [3.63, 3.8) is 0 Å². The van der Waals surface area contributed by atoms with Crippen LogP contribution in [0.3, 0.4) is 0 Å². The number of anilines is 1. The predicted molar refractivity (Wildman–Crippen MR) is 168 cm³/mol. The smallest absolute Gasteiger partial charge is 0.319 e. The zero-order valence-electron chi connectivity index (χ0n) is 25.4. The van der Waals surface area contributed by atoms with Crippen LogP contribution in [0.4, 0.5) is 19.0 Å². The fraction of sp³-hybridized carbons (Fsp3) is 0.457. The summed E-state index contributed by atoms with van der Waals surface area (Å²) < 4.78 is 58.6. The molecule has 4 fully saturated rings. The molecule has 0 bridgehead atoms. The molecule has 46 heavy (non-hydrogen) atoms. The lowest BCUT2D eigenvalue weighted by molar-refractivity contribution is 0.107. The first kappa shape index (κ1) is 29.3. The fourth-order valence-electron chi connectivity index (χ4n) is 7.64. The van der Waals surface area contributed by atoms with E-state index in [0.29, 0.717) is 61.6 Å². The molecule has 1 aliphatic carbocycles. The highest BCUT2D eigenvalue weighted by Gasteiger charge is 2.49. The second-order valence-electron chi connectivity index (χ2n) is 13.0. The van der Waals surface area contributed by atoms with E-state index in [0.717, 1.165) is 38.6 Å². The highest BCUT2D eigenvalue weighted by molar-refractivity contribution is 6.03. The van der Waals surface area contributed by atoms with Gasteiger partial charge in [0.05, 0.1) is 28.8 Å². The number of phenolic OH excluding ortho intramolecular Hbond substituents is 1. The lowest BCUT2D eigenvalue weighted by atomic mass is 9.95. The van der Waals surface area contributed by atoms with Gasteiger partial charge in [-0.15, -0.1) is 6.42 Å². The maximum Gasteiger partial charge on any atom is 0.319 e. The van der Waals surface area contributed by atoms with Crippen LogP contribution in [0.1, 0.15) is 55.7 Å². The number of hydrogen-bond donors (Lipinski definition) is 1. The van der Waals surface area contributed by atoms with Gasteiger partial charge in [-0.25, -0.2) is 18.2 Å². The normalized spacial score (nSPS) is 23.5. The Morgan fingerprint density at radius 3 is 2.76 bits per heavy atom. The van der Waals surface area contributed by atoms with E-state index in [1.54, 1.807) is 0 Å². The SMILES string of the molecule is C#Cc1c(F)ccc2cc(O)cc(-c3nc(C4CC4)c4c(N5CCCOCC5)nc(OC[C@@]56CCCN5C[C@H](F)C6)nc4c3F)c12. The Kier molecular flexibility index (Phi) is 7.18. The molecular formula is C35H34F3N5O3. The molecule has 0 spiro atoms. The third kappa shape index (κ3) is 4.90. The van der Waals surface area contributed by atoms with Crippen LogP contribution in [-0.4, -0.2) is 82.7 Å². The summed E-state index contributed by atoms with van der Waals surface area (Å²) in [5, 5.41) is 11.9. The van der Waals surface area contributed by atoms with Crippen LogP contribution in [0.25, 0.3) is 32.9 Å². The van der Waals surface area contributed by atoms with Gasteiger partial charge in [-0.3, -0.25) is 4.90 Å². The van der Waals surface area contributed by atoms with Gasteiger partial charge in [0.2, 0.25) is 0 Å². The second-order valence-corrected chi connectivity index (χ2v) is 13.0. The Labute approximate surface area is 264 Å². The summed E-state index contributed by atoms with van der Waals surface area (Å²) >= 11 is 0. The molecule has 0 radical (unpaired) electrons. The van der Waals surface area contributed by atoms with Crippen molar-refractivity contribution in [2.45, 2.75) is 56.2 Å². The number of fused-ring (bicyclic) bond motifs is 3. The Bertz CT molecular complexity index is 1900. The van der Waals surface area contributed by atoms with Crippen molar-refractivity contribution in [1.82, 2.24) is 19.9 Å². The van der Waals surface area contributed by atoms with Crippen molar-refractivity contribution < 1.29 is 27.8 Å². The van der Waals surface area contributed by atoms with E-state index in [2.05, 4.69) is 20.7 Å². The average molecular weight is 630 g/mol. The highest BCUT2D eigenvalue weighted by Crippen LogP contribution is 2.48. The topological polar surface area (TPSA) is 83.8 Å². The number of ether oxygens (including phenoxy) is 2. The number of benzene rings is 2. The number of aromatic nitrogens is 3. The second kappa shape index (κ2) is 11.3. The molecule has 1 saturated carbocycles. The van der Waals surface area contributed by atoms with Crippen molar-refractivity contribution in [3.05, 3.63) is 47.2 Å². The molecule has 8 nitrogen and oxygen atoms in total. The number of rotatable bonds is 6. The van der Waals surface area contributed by atoms with Crippen molar-refractivity contribution in [3.8, 4) is 35.4 Å². The van der Waals surface area contributed by atoms with Crippen molar-refractivity contribution in [2.24, 2.45) is 0 Å². The van der Waals surface area contributed by atoms with Crippen molar-refractivity contribution in [2.75, 3.05) is 50.9 Å². The monoisotopic (exact) mass is 629 g/mol. The largest absolute Gasteiger partial charge is 0.508 e. The van der Waals surface area contributed by atoms with Gasteiger partial charge < -0.3 is 19.5 Å². The number of phenols is 1. The minimum Gasteiger partial charge on any atom is -0.508 e. The van der Waals surface area contributed by atoms with Crippen LogP contribution in [0, 0.1) is 24.0 Å². The Balaban J connectivity index is 1.34. The van der Waals surface area contributed by atoms with E-state index in [-0.39, 0.29) is 52.0 Å². The summed E-state index contributed by atoms with van der Waals surface area (Å²) in [5.74, 6) is 1.47. The van der Waals surface area contributed by atoms with Crippen LogP contribution in [0.15, 0.2) is 24.3 Å². The molecular weight excluding hydrogens is 595 g/mol. The van der Waals surface area contributed by atoms with E-state index in [9.17, 15) is 13.9 Å². The number of nitrogens with zero attached hydrogens (tertiary/aromatic N) is 5. The third-order valence-electron chi connectivity index (χ3n) is 9.94. The van der Waals surface area contributed by atoms with Crippen LogP contribution >= 0.6 is 0 Å². The van der Waals surface area contributed by atoms with Gasteiger partial charge in [0.1, 0.15) is 41.4 Å². The minimum absolute atomic E-state index is 0.00474. The number of hydrogen-bond acceptors (Lipinski definition) is 8. The first-order valence-corrected chi connectivity index (χ1v) is 16.0. The molecule has 2 atom stereocenters. The molecule has 238 valence electrons. The number of terminal acetylenes is 1. The summed E-state index contributed by atoms with van der Waals surface area (Å²) in [6.45, 7) is 3.67. The summed E-state index contributed by atoms with van der Waals surface area (Å²) in [5.41, 5.74) is 0.291. The molecule has 8 rings (SSSR count). The predicted octanol–water partition coefficient (Wildman–Crippen LogP) is 5.87. The fourth-order valence-corrected chi connectivity index (χ4v) is 7.64. The Hall–Kier alpha value is -4.14. The lowest BCUT2D eigenvalue weighted by Crippen LogP contribution is -2.43. The Morgan fingerprint density at radius 2 is 1.93 bits per heavy atom. The third-order valence-corrected chi connectivity index (χ3v) is 9.94. The molecule has 5 heterocycles. The van der Waals surface area contributed by atoms with Gasteiger partial charge in [0.25, 0.3) is 0 Å². The quantitative estimate of drug-likeness (QED) is 0.265. The van der Waals surface area contributed by atoms with Crippen LogP contribution in [0.5, 0.6) is 11.8 Å². The minimum atomic E-state index is -0.920. The van der Waals surface area contributed by atoms with E-state index in [4.69, 9.17) is 25.9 Å². The molecule has 1 N–H and O–H groups in total.